The van der Waals surface area contributed by atoms with Crippen molar-refractivity contribution in [3.8, 4) is 12.3 Å². The molecule has 0 heterocycles. The molecule has 0 aromatic heterocycles. The minimum Gasteiger partial charge on any atom is -0.409 e. The Kier molecular flexibility index (Phi) is 3.25. The third kappa shape index (κ3) is 3.45. The van der Waals surface area contributed by atoms with E-state index < -0.39 is 0 Å². The number of hydrogen-bond donors (Lipinski definition) is 3. The van der Waals surface area contributed by atoms with Crippen molar-refractivity contribution in [2.45, 2.75) is 38.6 Å². The minimum atomic E-state index is -0.291. The van der Waals surface area contributed by atoms with E-state index in [4.69, 9.17) is 17.4 Å². The van der Waals surface area contributed by atoms with Gasteiger partial charge in [-0.1, -0.05) is 11.1 Å². The maximum absolute atomic E-state index is 8.51. The fourth-order valence-electron chi connectivity index (χ4n) is 1.47. The van der Waals surface area contributed by atoms with Crippen molar-refractivity contribution in [2.24, 2.45) is 16.3 Å². The first-order chi connectivity index (χ1) is 6.93. The second-order valence-corrected chi connectivity index (χ2v) is 4.89. The predicted octanol–water partition coefficient (Wildman–Crippen LogP) is 0.904. The monoisotopic (exact) mass is 209 g/mol. The van der Waals surface area contributed by atoms with Crippen molar-refractivity contribution >= 4 is 5.84 Å². The molecule has 1 aliphatic rings. The normalized spacial score (nSPS) is 19.7. The SMILES string of the molecule is C#CC(C)(C)NCC1(CC(N)=NO)CC1. The molecule has 4 heteroatoms. The summed E-state index contributed by atoms with van der Waals surface area (Å²) >= 11 is 0. The van der Waals surface area contributed by atoms with Gasteiger partial charge in [0.25, 0.3) is 0 Å². The molecule has 0 atom stereocenters. The smallest absolute Gasteiger partial charge is 0.139 e. The highest BCUT2D eigenvalue weighted by Gasteiger charge is 2.43. The Bertz CT molecular complexity index is 297. The quantitative estimate of drug-likeness (QED) is 0.207. The molecule has 1 rings (SSSR count). The second-order valence-electron chi connectivity index (χ2n) is 4.89. The molecule has 0 aliphatic heterocycles. The molecular weight excluding hydrogens is 190 g/mol. The first-order valence-electron chi connectivity index (χ1n) is 5.12. The predicted molar refractivity (Wildman–Crippen MR) is 60.6 cm³/mol. The molecule has 0 aromatic rings. The van der Waals surface area contributed by atoms with Gasteiger partial charge in [-0.25, -0.2) is 0 Å². The van der Waals surface area contributed by atoms with Gasteiger partial charge in [0.05, 0.1) is 5.54 Å². The van der Waals surface area contributed by atoms with E-state index in [0.29, 0.717) is 12.3 Å². The van der Waals surface area contributed by atoms with Gasteiger partial charge in [-0.2, -0.15) is 0 Å². The number of nitrogens with two attached hydrogens (primary N) is 1. The van der Waals surface area contributed by atoms with E-state index in [9.17, 15) is 0 Å². The standard InChI is InChI=1S/C11H19N3O/c1-4-10(2,3)13-8-11(5-6-11)7-9(12)14-15/h1,13,15H,5-8H2,2-3H3,(H2,12,14). The average Bonchev–Trinajstić information content (AvgIpc) is 2.96. The van der Waals surface area contributed by atoms with Crippen molar-refractivity contribution in [1.82, 2.24) is 5.32 Å². The summed E-state index contributed by atoms with van der Waals surface area (Å²) in [6.45, 7) is 4.75. The molecule has 4 nitrogen and oxygen atoms in total. The summed E-state index contributed by atoms with van der Waals surface area (Å²) in [4.78, 5) is 0. The maximum atomic E-state index is 8.51. The third-order valence-electron chi connectivity index (χ3n) is 2.91. The Morgan fingerprint density at radius 2 is 2.27 bits per heavy atom. The van der Waals surface area contributed by atoms with Gasteiger partial charge in [0, 0.05) is 13.0 Å². The molecule has 1 fully saturated rings. The molecule has 0 spiro atoms. The number of oxime groups is 1. The van der Waals surface area contributed by atoms with Crippen LogP contribution >= 0.6 is 0 Å². The Labute approximate surface area is 90.9 Å². The molecule has 0 aromatic carbocycles. The average molecular weight is 209 g/mol. The molecule has 1 saturated carbocycles. The molecule has 4 N–H and O–H groups in total. The molecule has 84 valence electrons. The zero-order valence-electron chi connectivity index (χ0n) is 9.38. The Hall–Kier alpha value is -1.21. The van der Waals surface area contributed by atoms with Crippen LogP contribution in [0.5, 0.6) is 0 Å². The van der Waals surface area contributed by atoms with Crippen molar-refractivity contribution in [1.29, 1.82) is 0 Å². The van der Waals surface area contributed by atoms with Crippen LogP contribution in [0, 0.1) is 17.8 Å². The lowest BCUT2D eigenvalue weighted by Gasteiger charge is -2.24. The van der Waals surface area contributed by atoms with Gasteiger partial charge in [0.1, 0.15) is 5.84 Å². The van der Waals surface area contributed by atoms with E-state index in [0.717, 1.165) is 19.4 Å². The lowest BCUT2D eigenvalue weighted by molar-refractivity contribution is 0.313. The van der Waals surface area contributed by atoms with Crippen LogP contribution in [0.4, 0.5) is 0 Å². The molecule has 0 amide bonds. The molecule has 15 heavy (non-hydrogen) atoms. The number of terminal acetylenes is 1. The molecular formula is C11H19N3O. The fourth-order valence-corrected chi connectivity index (χ4v) is 1.47. The summed E-state index contributed by atoms with van der Waals surface area (Å²) in [6, 6.07) is 0. The van der Waals surface area contributed by atoms with E-state index in [-0.39, 0.29) is 11.0 Å². The third-order valence-corrected chi connectivity index (χ3v) is 2.91. The van der Waals surface area contributed by atoms with E-state index in [2.05, 4.69) is 16.4 Å². The first-order valence-corrected chi connectivity index (χ1v) is 5.12. The topological polar surface area (TPSA) is 70.6 Å². The largest absolute Gasteiger partial charge is 0.409 e. The Morgan fingerprint density at radius 3 is 2.67 bits per heavy atom. The van der Waals surface area contributed by atoms with Crippen LogP contribution in [0.15, 0.2) is 5.16 Å². The highest BCUT2D eigenvalue weighted by atomic mass is 16.4. The van der Waals surface area contributed by atoms with Crippen LogP contribution in [-0.4, -0.2) is 23.1 Å². The zero-order valence-corrected chi connectivity index (χ0v) is 9.38. The second kappa shape index (κ2) is 4.11. The van der Waals surface area contributed by atoms with Gasteiger partial charge in [-0.15, -0.1) is 6.42 Å². The maximum Gasteiger partial charge on any atom is 0.139 e. The van der Waals surface area contributed by atoms with E-state index in [1.54, 1.807) is 0 Å². The minimum absolute atomic E-state index is 0.157. The van der Waals surface area contributed by atoms with Crippen LogP contribution in [0.2, 0.25) is 0 Å². The van der Waals surface area contributed by atoms with Gasteiger partial charge < -0.3 is 16.3 Å². The van der Waals surface area contributed by atoms with Crippen LogP contribution in [0.3, 0.4) is 0 Å². The summed E-state index contributed by atoms with van der Waals surface area (Å²) in [5, 5.41) is 14.8. The van der Waals surface area contributed by atoms with Crippen LogP contribution in [0.1, 0.15) is 33.1 Å². The van der Waals surface area contributed by atoms with E-state index in [1.165, 1.54) is 0 Å². The van der Waals surface area contributed by atoms with Crippen LogP contribution in [0.25, 0.3) is 0 Å². The van der Waals surface area contributed by atoms with E-state index >= 15 is 0 Å². The summed E-state index contributed by atoms with van der Waals surface area (Å²) in [7, 11) is 0. The van der Waals surface area contributed by atoms with Gasteiger partial charge in [-0.3, -0.25) is 0 Å². The number of hydrogen-bond acceptors (Lipinski definition) is 3. The van der Waals surface area contributed by atoms with Gasteiger partial charge in [0.15, 0.2) is 0 Å². The summed E-state index contributed by atoms with van der Waals surface area (Å²) in [5.74, 6) is 2.99. The van der Waals surface area contributed by atoms with Gasteiger partial charge >= 0.3 is 0 Å². The summed E-state index contributed by atoms with van der Waals surface area (Å²) in [5.41, 5.74) is 5.37. The van der Waals surface area contributed by atoms with Crippen molar-refractivity contribution < 1.29 is 5.21 Å². The van der Waals surface area contributed by atoms with Crippen LogP contribution in [-0.2, 0) is 0 Å². The number of amidine groups is 1. The summed E-state index contributed by atoms with van der Waals surface area (Å²) in [6.07, 6.45) is 8.23. The number of nitrogens with one attached hydrogen (secondary N) is 1. The van der Waals surface area contributed by atoms with E-state index in [1.807, 2.05) is 13.8 Å². The van der Waals surface area contributed by atoms with Crippen molar-refractivity contribution in [2.75, 3.05) is 6.54 Å². The Balaban J connectivity index is 2.42. The highest BCUT2D eigenvalue weighted by molar-refractivity contribution is 5.80. The van der Waals surface area contributed by atoms with Crippen molar-refractivity contribution in [3.05, 3.63) is 0 Å². The van der Waals surface area contributed by atoms with Crippen molar-refractivity contribution in [3.63, 3.8) is 0 Å². The Morgan fingerprint density at radius 1 is 1.67 bits per heavy atom. The van der Waals surface area contributed by atoms with Gasteiger partial charge in [0.2, 0.25) is 0 Å². The lowest BCUT2D eigenvalue weighted by atomic mass is 9.99. The summed E-state index contributed by atoms with van der Waals surface area (Å²) < 4.78 is 0. The van der Waals surface area contributed by atoms with Gasteiger partial charge in [-0.05, 0) is 32.1 Å². The molecule has 0 unspecified atom stereocenters. The zero-order chi connectivity index (χ0) is 11.5. The number of rotatable bonds is 5. The molecule has 1 aliphatic carbocycles. The molecule has 0 bridgehead atoms. The molecule has 0 radical (unpaired) electrons. The molecule has 0 saturated heterocycles. The lowest BCUT2D eigenvalue weighted by Crippen LogP contribution is -2.42. The fraction of sp³-hybridized carbons (Fsp3) is 0.727. The number of nitrogens with zero attached hydrogens (tertiary/aromatic N) is 1. The first kappa shape index (κ1) is 11.9. The van der Waals surface area contributed by atoms with Crippen LogP contribution < -0.4 is 11.1 Å². The highest BCUT2D eigenvalue weighted by Crippen LogP contribution is 2.48.